The molecule has 0 bridgehead atoms. The lowest BCUT2D eigenvalue weighted by Crippen LogP contribution is -2.53. The molecule has 1 aliphatic carbocycles. The first kappa shape index (κ1) is 19.3. The first-order chi connectivity index (χ1) is 14.6. The van der Waals surface area contributed by atoms with E-state index in [1.165, 1.54) is 17.5 Å². The highest BCUT2D eigenvalue weighted by Crippen LogP contribution is 2.30. The molecule has 0 atom stereocenters. The van der Waals surface area contributed by atoms with E-state index in [0.717, 1.165) is 36.9 Å². The third kappa shape index (κ3) is 3.97. The first-order valence-electron chi connectivity index (χ1n) is 10.1. The van der Waals surface area contributed by atoms with Crippen molar-refractivity contribution < 1.29 is 9.26 Å². The highest BCUT2D eigenvalue weighted by atomic mass is 35.5. The fourth-order valence-electron chi connectivity index (χ4n) is 3.47. The van der Waals surface area contributed by atoms with Crippen molar-refractivity contribution in [3.8, 4) is 11.4 Å². The van der Waals surface area contributed by atoms with E-state index in [0.29, 0.717) is 22.2 Å². The van der Waals surface area contributed by atoms with Crippen LogP contribution in [-0.4, -0.2) is 45.7 Å². The third-order valence-electron chi connectivity index (χ3n) is 5.60. The summed E-state index contributed by atoms with van der Waals surface area (Å²) in [6.07, 6.45) is 6.11. The second-order valence-electron chi connectivity index (χ2n) is 7.94. The van der Waals surface area contributed by atoms with Gasteiger partial charge in [-0.2, -0.15) is 5.10 Å². The van der Waals surface area contributed by atoms with Gasteiger partial charge in [0.05, 0.1) is 35.2 Å². The van der Waals surface area contributed by atoms with Crippen LogP contribution in [0.5, 0.6) is 0 Å². The summed E-state index contributed by atoms with van der Waals surface area (Å²) in [5.74, 6) is 1.39. The van der Waals surface area contributed by atoms with E-state index < -0.39 is 0 Å². The van der Waals surface area contributed by atoms with E-state index in [4.69, 9.17) is 20.9 Å². The molecule has 1 saturated carbocycles. The van der Waals surface area contributed by atoms with E-state index >= 15 is 0 Å². The second kappa shape index (κ2) is 7.85. The zero-order valence-corrected chi connectivity index (χ0v) is 17.4. The quantitative estimate of drug-likeness (QED) is 0.573. The van der Waals surface area contributed by atoms with Crippen LogP contribution >= 0.6 is 11.6 Å². The summed E-state index contributed by atoms with van der Waals surface area (Å²) >= 11 is 5.92. The Kier molecular flexibility index (Phi) is 5.04. The molecule has 3 aromatic rings. The molecule has 0 radical (unpaired) electrons. The Hall–Kier alpha value is -2.71. The highest BCUT2D eigenvalue weighted by molar-refractivity contribution is 6.30. The molecule has 0 spiro atoms. The summed E-state index contributed by atoms with van der Waals surface area (Å²) in [4.78, 5) is 19.1. The van der Waals surface area contributed by atoms with Crippen LogP contribution in [0.25, 0.3) is 11.4 Å². The zero-order chi connectivity index (χ0) is 20.7. The Labute approximate surface area is 178 Å². The average Bonchev–Trinajstić information content (AvgIpc) is 3.46. The molecular weight excluding hydrogens is 406 g/mol. The largest absolute Gasteiger partial charge is 0.374 e. The number of nitrogens with zero attached hydrogens (tertiary/aromatic N) is 5. The molecule has 4 heterocycles. The lowest BCUT2D eigenvalue weighted by molar-refractivity contribution is 0.0278. The zero-order valence-electron chi connectivity index (χ0n) is 16.6. The predicted molar refractivity (Wildman–Crippen MR) is 112 cm³/mol. The van der Waals surface area contributed by atoms with Gasteiger partial charge in [-0.3, -0.25) is 9.78 Å². The number of pyridine rings is 1. The summed E-state index contributed by atoms with van der Waals surface area (Å²) in [6.45, 7) is 4.52. The molecule has 156 valence electrons. The SMILES string of the molecule is Cc1onc(-c2ccc(Cl)cn2)c1Cn1ncc(N2CC(OCC3CC3)C2)cc1=O. The smallest absolute Gasteiger partial charge is 0.269 e. The number of halogens is 1. The number of aryl methyl sites for hydroxylation is 1. The number of anilines is 1. The molecule has 0 amide bonds. The first-order valence-corrected chi connectivity index (χ1v) is 10.5. The van der Waals surface area contributed by atoms with Gasteiger partial charge in [-0.25, -0.2) is 4.68 Å². The van der Waals surface area contributed by atoms with Gasteiger partial charge in [-0.15, -0.1) is 0 Å². The maximum absolute atomic E-state index is 12.7. The number of aromatic nitrogens is 4. The van der Waals surface area contributed by atoms with Crippen molar-refractivity contribution in [1.82, 2.24) is 19.9 Å². The van der Waals surface area contributed by atoms with Gasteiger partial charge in [0.25, 0.3) is 5.56 Å². The Morgan fingerprint density at radius 1 is 1.27 bits per heavy atom. The van der Waals surface area contributed by atoms with E-state index in [1.807, 2.05) is 6.92 Å². The Balaban J connectivity index is 1.29. The standard InChI is InChI=1S/C21H22ClN5O3/c1-13-18(21(25-30-13)19-5-4-15(22)7-23-19)11-27-20(28)6-16(8-24-27)26-9-17(10-26)29-12-14-2-3-14/h4-8,14,17H,2-3,9-12H2,1H3. The van der Waals surface area contributed by atoms with Crippen molar-refractivity contribution in [2.75, 3.05) is 24.6 Å². The monoisotopic (exact) mass is 427 g/mol. The molecule has 2 aliphatic rings. The number of ether oxygens (including phenoxy) is 1. The highest BCUT2D eigenvalue weighted by Gasteiger charge is 2.31. The Bertz CT molecular complexity index is 1100. The van der Waals surface area contributed by atoms with Gasteiger partial charge in [-0.1, -0.05) is 16.8 Å². The summed E-state index contributed by atoms with van der Waals surface area (Å²) in [6, 6.07) is 5.13. The van der Waals surface area contributed by atoms with Crippen LogP contribution in [0.2, 0.25) is 5.02 Å². The molecule has 0 aromatic carbocycles. The molecule has 5 rings (SSSR count). The molecule has 30 heavy (non-hydrogen) atoms. The van der Waals surface area contributed by atoms with Gasteiger partial charge in [0, 0.05) is 37.5 Å². The second-order valence-corrected chi connectivity index (χ2v) is 8.38. The minimum Gasteiger partial charge on any atom is -0.374 e. The van der Waals surface area contributed by atoms with Crippen LogP contribution in [-0.2, 0) is 11.3 Å². The lowest BCUT2D eigenvalue weighted by Gasteiger charge is -2.40. The van der Waals surface area contributed by atoms with Crippen LogP contribution in [0.15, 0.2) is 39.9 Å². The number of rotatable bonds is 7. The number of hydrogen-bond acceptors (Lipinski definition) is 7. The molecule has 1 saturated heterocycles. The van der Waals surface area contributed by atoms with Crippen molar-refractivity contribution in [2.45, 2.75) is 32.4 Å². The maximum atomic E-state index is 12.7. The topological polar surface area (TPSA) is 86.3 Å². The van der Waals surface area contributed by atoms with Crippen molar-refractivity contribution in [1.29, 1.82) is 0 Å². The fourth-order valence-corrected chi connectivity index (χ4v) is 3.58. The molecule has 0 unspecified atom stereocenters. The van der Waals surface area contributed by atoms with Crippen molar-refractivity contribution in [3.05, 3.63) is 57.3 Å². The van der Waals surface area contributed by atoms with E-state index in [-0.39, 0.29) is 18.2 Å². The molecule has 3 aromatic heterocycles. The van der Waals surface area contributed by atoms with Gasteiger partial charge in [0.1, 0.15) is 11.5 Å². The molecular formula is C21H22ClN5O3. The fraction of sp³-hybridized carbons (Fsp3) is 0.429. The summed E-state index contributed by atoms with van der Waals surface area (Å²) in [5.41, 5.74) is 2.63. The lowest BCUT2D eigenvalue weighted by atomic mass is 10.1. The van der Waals surface area contributed by atoms with Gasteiger partial charge < -0.3 is 14.2 Å². The molecule has 0 N–H and O–H groups in total. The van der Waals surface area contributed by atoms with Gasteiger partial charge in [0.2, 0.25) is 0 Å². The van der Waals surface area contributed by atoms with Gasteiger partial charge in [-0.05, 0) is 37.8 Å². The molecule has 1 aliphatic heterocycles. The third-order valence-corrected chi connectivity index (χ3v) is 5.82. The van der Waals surface area contributed by atoms with Crippen LogP contribution in [0, 0.1) is 12.8 Å². The van der Waals surface area contributed by atoms with Crippen LogP contribution in [0.3, 0.4) is 0 Å². The summed E-state index contributed by atoms with van der Waals surface area (Å²) in [7, 11) is 0. The minimum absolute atomic E-state index is 0.175. The number of hydrogen-bond donors (Lipinski definition) is 0. The summed E-state index contributed by atoms with van der Waals surface area (Å²) < 4.78 is 12.6. The van der Waals surface area contributed by atoms with E-state index in [9.17, 15) is 4.79 Å². The van der Waals surface area contributed by atoms with Crippen molar-refractivity contribution >= 4 is 17.3 Å². The van der Waals surface area contributed by atoms with Gasteiger partial charge >= 0.3 is 0 Å². The van der Waals surface area contributed by atoms with E-state index in [2.05, 4.69) is 20.1 Å². The molecule has 8 nitrogen and oxygen atoms in total. The van der Waals surface area contributed by atoms with Crippen LogP contribution < -0.4 is 10.5 Å². The van der Waals surface area contributed by atoms with Crippen LogP contribution in [0.1, 0.15) is 24.2 Å². The summed E-state index contributed by atoms with van der Waals surface area (Å²) in [5, 5.41) is 9.01. The Morgan fingerprint density at radius 2 is 2.10 bits per heavy atom. The minimum atomic E-state index is -0.175. The molecule has 9 heteroatoms. The van der Waals surface area contributed by atoms with Crippen molar-refractivity contribution in [2.24, 2.45) is 5.92 Å². The normalized spacial score (nSPS) is 16.7. The predicted octanol–water partition coefficient (Wildman–Crippen LogP) is 2.92. The van der Waals surface area contributed by atoms with E-state index in [1.54, 1.807) is 30.6 Å². The average molecular weight is 428 g/mol. The van der Waals surface area contributed by atoms with Crippen molar-refractivity contribution in [3.63, 3.8) is 0 Å². The molecule has 2 fully saturated rings. The Morgan fingerprint density at radius 3 is 2.80 bits per heavy atom. The maximum Gasteiger partial charge on any atom is 0.269 e. The van der Waals surface area contributed by atoms with Gasteiger partial charge in [0.15, 0.2) is 0 Å². The van der Waals surface area contributed by atoms with Crippen LogP contribution in [0.4, 0.5) is 5.69 Å².